The van der Waals surface area contributed by atoms with Crippen molar-refractivity contribution >= 4 is 39.0 Å². The number of hydrogen-bond donors (Lipinski definition) is 0. The number of ether oxygens (including phenoxy) is 1. The van der Waals surface area contributed by atoms with Crippen LogP contribution in [0.1, 0.15) is 22.2 Å². The van der Waals surface area contributed by atoms with Crippen molar-refractivity contribution in [3.05, 3.63) is 33.4 Å². The van der Waals surface area contributed by atoms with Gasteiger partial charge in [-0.25, -0.2) is 9.18 Å². The Hall–Kier alpha value is -1.13. The summed E-state index contributed by atoms with van der Waals surface area (Å²) in [4.78, 5) is 12.2. The van der Waals surface area contributed by atoms with Gasteiger partial charge in [0.2, 0.25) is 0 Å². The standard InChI is InChI=1S/C12H10ClFO2S/c1-3-16-12(15)11-6(2)9-8(17-11)5-4-7(14)10(9)13/h4-5H,3H2,1-2H3. The normalized spacial score (nSPS) is 10.8. The van der Waals surface area contributed by atoms with Crippen LogP contribution in [0.2, 0.25) is 5.02 Å². The topological polar surface area (TPSA) is 26.3 Å². The minimum atomic E-state index is -0.476. The van der Waals surface area contributed by atoms with Gasteiger partial charge < -0.3 is 4.74 Å². The Kier molecular flexibility index (Phi) is 3.35. The average Bonchev–Trinajstić information content (AvgIpc) is 2.62. The largest absolute Gasteiger partial charge is 0.462 e. The number of benzene rings is 1. The summed E-state index contributed by atoms with van der Waals surface area (Å²) in [5, 5.41) is 0.659. The Morgan fingerprint density at radius 2 is 2.24 bits per heavy atom. The van der Waals surface area contributed by atoms with Gasteiger partial charge in [-0.15, -0.1) is 11.3 Å². The maximum absolute atomic E-state index is 13.3. The molecule has 0 amide bonds. The smallest absolute Gasteiger partial charge is 0.348 e. The number of esters is 1. The third kappa shape index (κ3) is 2.03. The molecule has 2 aromatic rings. The molecule has 0 spiro atoms. The Morgan fingerprint density at radius 3 is 2.88 bits per heavy atom. The van der Waals surface area contributed by atoms with E-state index in [1.54, 1.807) is 19.9 Å². The van der Waals surface area contributed by atoms with Gasteiger partial charge in [0.25, 0.3) is 0 Å². The van der Waals surface area contributed by atoms with Crippen molar-refractivity contribution in [3.8, 4) is 0 Å². The van der Waals surface area contributed by atoms with Crippen LogP contribution in [0.25, 0.3) is 10.1 Å². The Labute approximate surface area is 107 Å². The Balaban J connectivity index is 2.65. The number of thiophene rings is 1. The van der Waals surface area contributed by atoms with Crippen LogP contribution in [0.15, 0.2) is 12.1 Å². The highest BCUT2D eigenvalue weighted by atomic mass is 35.5. The van der Waals surface area contributed by atoms with Crippen molar-refractivity contribution in [2.24, 2.45) is 0 Å². The van der Waals surface area contributed by atoms with E-state index in [-0.39, 0.29) is 11.0 Å². The van der Waals surface area contributed by atoms with E-state index in [1.807, 2.05) is 0 Å². The molecule has 0 saturated heterocycles. The lowest BCUT2D eigenvalue weighted by Crippen LogP contribution is -2.03. The fraction of sp³-hybridized carbons (Fsp3) is 0.250. The van der Waals surface area contributed by atoms with Crippen molar-refractivity contribution in [3.63, 3.8) is 0 Å². The fourth-order valence-electron chi connectivity index (χ4n) is 1.66. The molecular formula is C12H10ClFO2S. The van der Waals surface area contributed by atoms with E-state index in [4.69, 9.17) is 16.3 Å². The predicted molar refractivity (Wildman–Crippen MR) is 67.5 cm³/mol. The van der Waals surface area contributed by atoms with Crippen LogP contribution >= 0.6 is 22.9 Å². The number of halogens is 2. The molecule has 90 valence electrons. The molecule has 5 heteroatoms. The van der Waals surface area contributed by atoms with Gasteiger partial charge in [-0.05, 0) is 31.5 Å². The van der Waals surface area contributed by atoms with E-state index >= 15 is 0 Å². The Morgan fingerprint density at radius 1 is 1.53 bits per heavy atom. The minimum absolute atomic E-state index is 0.0619. The van der Waals surface area contributed by atoms with E-state index in [1.165, 1.54) is 17.4 Å². The van der Waals surface area contributed by atoms with Crippen LogP contribution < -0.4 is 0 Å². The molecule has 1 heterocycles. The van der Waals surface area contributed by atoms with Gasteiger partial charge in [0, 0.05) is 10.1 Å². The molecule has 2 nitrogen and oxygen atoms in total. The van der Waals surface area contributed by atoms with E-state index < -0.39 is 5.82 Å². The van der Waals surface area contributed by atoms with Crippen LogP contribution in [-0.2, 0) is 4.74 Å². The maximum Gasteiger partial charge on any atom is 0.348 e. The molecule has 0 unspecified atom stereocenters. The van der Waals surface area contributed by atoms with Gasteiger partial charge in [-0.3, -0.25) is 0 Å². The summed E-state index contributed by atoms with van der Waals surface area (Å²) in [5.74, 6) is -0.863. The first-order valence-corrected chi connectivity index (χ1v) is 6.30. The molecule has 0 aliphatic rings. The number of hydrogen-bond acceptors (Lipinski definition) is 3. The quantitative estimate of drug-likeness (QED) is 0.767. The third-order valence-corrected chi connectivity index (χ3v) is 4.05. The number of carbonyl (C=O) groups excluding carboxylic acids is 1. The highest BCUT2D eigenvalue weighted by molar-refractivity contribution is 7.21. The van der Waals surface area contributed by atoms with E-state index in [2.05, 4.69) is 0 Å². The van der Waals surface area contributed by atoms with Crippen LogP contribution in [-0.4, -0.2) is 12.6 Å². The first-order chi connectivity index (χ1) is 8.06. The molecule has 1 aromatic heterocycles. The Bertz CT molecular complexity index is 592. The molecule has 1 aromatic carbocycles. The van der Waals surface area contributed by atoms with Crippen molar-refractivity contribution < 1.29 is 13.9 Å². The number of fused-ring (bicyclic) bond motifs is 1. The highest BCUT2D eigenvalue weighted by Gasteiger charge is 2.19. The molecule has 0 N–H and O–H groups in total. The summed E-state index contributed by atoms with van der Waals surface area (Å²) in [6, 6.07) is 2.92. The molecular weight excluding hydrogens is 263 g/mol. The second-order valence-corrected chi connectivity index (χ2v) is 4.94. The molecule has 17 heavy (non-hydrogen) atoms. The zero-order chi connectivity index (χ0) is 12.6. The lowest BCUT2D eigenvalue weighted by molar-refractivity contribution is 0.0531. The maximum atomic E-state index is 13.3. The van der Waals surface area contributed by atoms with Gasteiger partial charge in [0.05, 0.1) is 11.6 Å². The average molecular weight is 273 g/mol. The molecule has 0 fully saturated rings. The molecule has 0 aliphatic carbocycles. The van der Waals surface area contributed by atoms with Crippen LogP contribution in [0.5, 0.6) is 0 Å². The summed E-state index contributed by atoms with van der Waals surface area (Å²) in [6.45, 7) is 3.80. The van der Waals surface area contributed by atoms with Crippen molar-refractivity contribution in [1.29, 1.82) is 0 Å². The van der Waals surface area contributed by atoms with Gasteiger partial charge in [-0.2, -0.15) is 0 Å². The first kappa shape index (κ1) is 12.3. The molecule has 0 bridgehead atoms. The van der Waals surface area contributed by atoms with Crippen molar-refractivity contribution in [2.45, 2.75) is 13.8 Å². The molecule has 0 saturated carbocycles. The van der Waals surface area contributed by atoms with Crippen molar-refractivity contribution in [1.82, 2.24) is 0 Å². The van der Waals surface area contributed by atoms with Gasteiger partial charge in [0.1, 0.15) is 10.7 Å². The van der Waals surface area contributed by atoms with Gasteiger partial charge in [0.15, 0.2) is 0 Å². The second-order valence-electron chi connectivity index (χ2n) is 3.51. The van der Waals surface area contributed by atoms with Crippen molar-refractivity contribution in [2.75, 3.05) is 6.61 Å². The summed E-state index contributed by atoms with van der Waals surface area (Å²) < 4.78 is 19.1. The SMILES string of the molecule is CCOC(=O)c1sc2ccc(F)c(Cl)c2c1C. The monoisotopic (exact) mass is 272 g/mol. The predicted octanol–water partition coefficient (Wildman–Crippen LogP) is 4.18. The van der Waals surface area contributed by atoms with Crippen LogP contribution in [0.3, 0.4) is 0 Å². The third-order valence-electron chi connectivity index (χ3n) is 2.45. The lowest BCUT2D eigenvalue weighted by atomic mass is 10.1. The summed E-state index contributed by atoms with van der Waals surface area (Å²) in [6.07, 6.45) is 0. The van der Waals surface area contributed by atoms with Crippen LogP contribution in [0.4, 0.5) is 4.39 Å². The highest BCUT2D eigenvalue weighted by Crippen LogP contribution is 2.37. The second kappa shape index (κ2) is 4.63. The molecule has 0 atom stereocenters. The summed E-state index contributed by atoms with van der Waals surface area (Å²) in [7, 11) is 0. The van der Waals surface area contributed by atoms with Crippen LogP contribution in [0, 0.1) is 12.7 Å². The van der Waals surface area contributed by atoms with Gasteiger partial charge in [-0.1, -0.05) is 11.6 Å². The summed E-state index contributed by atoms with van der Waals surface area (Å²) >= 11 is 7.18. The molecule has 2 rings (SSSR count). The molecule has 0 radical (unpaired) electrons. The number of aryl methyl sites for hydroxylation is 1. The van der Waals surface area contributed by atoms with E-state index in [0.29, 0.717) is 22.4 Å². The zero-order valence-electron chi connectivity index (χ0n) is 9.34. The zero-order valence-corrected chi connectivity index (χ0v) is 10.9. The number of rotatable bonds is 2. The lowest BCUT2D eigenvalue weighted by Gasteiger charge is -2.00. The molecule has 0 aliphatic heterocycles. The number of carbonyl (C=O) groups is 1. The minimum Gasteiger partial charge on any atom is -0.462 e. The van der Waals surface area contributed by atoms with Gasteiger partial charge >= 0.3 is 5.97 Å². The van der Waals surface area contributed by atoms with E-state index in [0.717, 1.165) is 4.70 Å². The fourth-order valence-corrected chi connectivity index (χ4v) is 3.13. The van der Waals surface area contributed by atoms with E-state index in [9.17, 15) is 9.18 Å². The first-order valence-electron chi connectivity index (χ1n) is 5.10. The summed E-state index contributed by atoms with van der Waals surface area (Å²) in [5.41, 5.74) is 0.674.